The SMILES string of the molecule is C=CCOC12Oc3ccc(OCc4ccccc4F)cc3C3C(CCCCO)C(CCCCO)C=C(C(=NOCC)CC1N(Cc1ccc4c(c1)OCO4)C(=O)C1CC1)C32. The number of oxime groups is 1. The maximum atomic E-state index is 14.8. The number of carbonyl (C=O) groups excluding carboxylic acids is 1. The summed E-state index contributed by atoms with van der Waals surface area (Å²) >= 11 is 0. The van der Waals surface area contributed by atoms with Crippen LogP contribution in [-0.4, -0.2) is 71.8 Å². The van der Waals surface area contributed by atoms with Crippen molar-refractivity contribution in [2.24, 2.45) is 28.8 Å². The minimum atomic E-state index is -1.38. The van der Waals surface area contributed by atoms with Gasteiger partial charge in [0.25, 0.3) is 0 Å². The van der Waals surface area contributed by atoms with Crippen molar-refractivity contribution in [3.8, 4) is 23.0 Å². The average molecular weight is 825 g/mol. The first kappa shape index (κ1) is 41.8. The van der Waals surface area contributed by atoms with Crippen molar-refractivity contribution in [3.05, 3.63) is 107 Å². The van der Waals surface area contributed by atoms with Crippen LogP contribution < -0.4 is 18.9 Å². The maximum Gasteiger partial charge on any atom is 0.239 e. The summed E-state index contributed by atoms with van der Waals surface area (Å²) in [7, 11) is 0. The molecule has 2 N–H and O–H groups in total. The summed E-state index contributed by atoms with van der Waals surface area (Å²) in [4.78, 5) is 22.6. The predicted molar refractivity (Wildman–Crippen MR) is 223 cm³/mol. The van der Waals surface area contributed by atoms with Crippen molar-refractivity contribution < 1.29 is 47.9 Å². The van der Waals surface area contributed by atoms with Gasteiger partial charge in [0, 0.05) is 49.1 Å². The van der Waals surface area contributed by atoms with Gasteiger partial charge < -0.3 is 43.6 Å². The van der Waals surface area contributed by atoms with Crippen LogP contribution in [0.5, 0.6) is 23.0 Å². The Balaban J connectivity index is 1.30. The van der Waals surface area contributed by atoms with Crippen molar-refractivity contribution >= 4 is 11.6 Å². The van der Waals surface area contributed by atoms with E-state index in [0.29, 0.717) is 54.4 Å². The number of allylic oxidation sites excluding steroid dienone is 1. The highest BCUT2D eigenvalue weighted by Crippen LogP contribution is 2.62. The fraction of sp³-hybridized carbons (Fsp3) is 0.500. The first-order valence-corrected chi connectivity index (χ1v) is 21.6. The molecule has 5 aliphatic rings. The van der Waals surface area contributed by atoms with E-state index in [0.717, 1.165) is 60.9 Å². The van der Waals surface area contributed by atoms with Gasteiger partial charge in [0.15, 0.2) is 11.5 Å². The first-order chi connectivity index (χ1) is 29.4. The van der Waals surface area contributed by atoms with Gasteiger partial charge in [-0.25, -0.2) is 4.39 Å². The van der Waals surface area contributed by atoms with Gasteiger partial charge in [0.1, 0.15) is 36.6 Å². The number of rotatable bonds is 20. The minimum absolute atomic E-state index is 0.0301. The molecule has 8 rings (SSSR count). The number of benzene rings is 3. The summed E-state index contributed by atoms with van der Waals surface area (Å²) in [6, 6.07) is 17.5. The lowest BCUT2D eigenvalue weighted by molar-refractivity contribution is -0.258. The quantitative estimate of drug-likeness (QED) is 0.0658. The predicted octanol–water partition coefficient (Wildman–Crippen LogP) is 8.23. The van der Waals surface area contributed by atoms with Gasteiger partial charge in [-0.05, 0) is 105 Å². The molecule has 0 spiro atoms. The topological polar surface area (TPSA) is 129 Å². The zero-order valence-corrected chi connectivity index (χ0v) is 34.4. The zero-order valence-electron chi connectivity index (χ0n) is 34.4. The fourth-order valence-electron chi connectivity index (χ4n) is 9.80. The Morgan fingerprint density at radius 2 is 1.78 bits per heavy atom. The van der Waals surface area contributed by atoms with Crippen LogP contribution in [-0.2, 0) is 27.5 Å². The number of nitrogens with zero attached hydrogens (tertiary/aromatic N) is 2. The molecule has 11 nitrogen and oxygen atoms in total. The highest BCUT2D eigenvalue weighted by molar-refractivity contribution is 6.03. The van der Waals surface area contributed by atoms with Gasteiger partial charge in [-0.2, -0.15) is 0 Å². The number of ether oxygens (including phenoxy) is 5. The Labute approximate surface area is 351 Å². The second-order valence-corrected chi connectivity index (χ2v) is 16.5. The standard InChI is InChI=1S/C48H57FN2O9/c1-3-23-58-48-44(51(47(54)32-16-17-32)28-31-15-19-42-43(24-31)57-30-56-42)27-40(50-59-4-2)37-25-33(11-7-9-21-52)36(13-8-10-22-53)45(46(37)48)38-26-35(18-20-41(38)60-48)55-29-34-12-5-6-14-39(34)49/h3,5-6,12,14-15,18-20,24-26,32-33,36,44-46,52-53H,1,4,7-11,13,16-17,21-23,27-30H2,2H3. The van der Waals surface area contributed by atoms with Gasteiger partial charge in [-0.3, -0.25) is 4.79 Å². The largest absolute Gasteiger partial charge is 0.489 e. The van der Waals surface area contributed by atoms with Crippen LogP contribution in [0, 0.1) is 29.5 Å². The van der Waals surface area contributed by atoms with Gasteiger partial charge in [-0.15, -0.1) is 6.58 Å². The molecule has 0 aromatic heterocycles. The third-order valence-corrected chi connectivity index (χ3v) is 12.7. The van der Waals surface area contributed by atoms with Crippen molar-refractivity contribution in [3.63, 3.8) is 0 Å². The second kappa shape index (κ2) is 18.8. The molecule has 6 atom stereocenters. The molecule has 2 fully saturated rings. The number of halogens is 1. The normalized spacial score (nSPS) is 25.4. The summed E-state index contributed by atoms with van der Waals surface area (Å²) in [6.45, 7) is 7.13. The summed E-state index contributed by atoms with van der Waals surface area (Å²) in [5, 5.41) is 24.6. The highest BCUT2D eigenvalue weighted by Gasteiger charge is 2.66. The molecule has 2 heterocycles. The number of carbonyl (C=O) groups is 1. The Morgan fingerprint density at radius 1 is 1.00 bits per heavy atom. The fourth-order valence-corrected chi connectivity index (χ4v) is 9.80. The summed E-state index contributed by atoms with van der Waals surface area (Å²) in [5.41, 5.74) is 3.98. The van der Waals surface area contributed by atoms with Crippen molar-refractivity contribution in [1.82, 2.24) is 4.90 Å². The van der Waals surface area contributed by atoms with Gasteiger partial charge in [0.2, 0.25) is 18.5 Å². The number of unbranched alkanes of at least 4 members (excludes halogenated alkanes) is 2. The van der Waals surface area contributed by atoms with Crippen LogP contribution in [0.4, 0.5) is 4.39 Å². The molecule has 2 saturated carbocycles. The van der Waals surface area contributed by atoms with Crippen molar-refractivity contribution in [2.45, 2.75) is 95.6 Å². The number of fused-ring (bicyclic) bond motifs is 3. The zero-order chi connectivity index (χ0) is 41.6. The van der Waals surface area contributed by atoms with Gasteiger partial charge in [0.05, 0.1) is 18.2 Å². The van der Waals surface area contributed by atoms with Crippen LogP contribution in [0.25, 0.3) is 0 Å². The minimum Gasteiger partial charge on any atom is -0.489 e. The Kier molecular flexibility index (Phi) is 13.1. The number of amides is 1. The van der Waals surface area contributed by atoms with E-state index < -0.39 is 17.7 Å². The van der Waals surface area contributed by atoms with E-state index in [-0.39, 0.29) is 75.2 Å². The number of hydrogen-bond acceptors (Lipinski definition) is 10. The van der Waals surface area contributed by atoms with Crippen molar-refractivity contribution in [1.29, 1.82) is 0 Å². The summed E-state index contributed by atoms with van der Waals surface area (Å²) < 4.78 is 46.9. The third-order valence-electron chi connectivity index (χ3n) is 12.7. The molecule has 0 radical (unpaired) electrons. The maximum absolute atomic E-state index is 14.8. The smallest absolute Gasteiger partial charge is 0.239 e. The molecule has 320 valence electrons. The lowest BCUT2D eigenvalue weighted by Gasteiger charge is -2.60. The molecule has 3 aromatic rings. The molecule has 60 heavy (non-hydrogen) atoms. The number of aliphatic hydroxyl groups is 2. The molecule has 1 amide bonds. The van der Waals surface area contributed by atoms with E-state index >= 15 is 0 Å². The van der Waals surface area contributed by atoms with E-state index in [2.05, 4.69) is 12.7 Å². The number of hydrogen-bond donors (Lipinski definition) is 2. The van der Waals surface area contributed by atoms with E-state index in [4.69, 9.17) is 33.7 Å². The molecule has 6 unspecified atom stereocenters. The number of aliphatic hydroxyl groups excluding tert-OH is 2. The molecule has 0 bridgehead atoms. The molecule has 3 aliphatic carbocycles. The van der Waals surface area contributed by atoms with Crippen LogP contribution in [0.15, 0.2) is 90.1 Å². The Bertz CT molecular complexity index is 2070. The monoisotopic (exact) mass is 824 g/mol. The van der Waals surface area contributed by atoms with Gasteiger partial charge in [-0.1, -0.05) is 54.4 Å². The van der Waals surface area contributed by atoms with E-state index in [1.54, 1.807) is 24.3 Å². The van der Waals surface area contributed by atoms with Crippen LogP contribution >= 0.6 is 0 Å². The lowest BCUT2D eigenvalue weighted by Crippen LogP contribution is -2.70. The molecular formula is C48H57FN2O9. The molecule has 0 saturated heterocycles. The van der Waals surface area contributed by atoms with Crippen molar-refractivity contribution in [2.75, 3.05) is 33.2 Å². The lowest BCUT2D eigenvalue weighted by atomic mass is 9.55. The second-order valence-electron chi connectivity index (χ2n) is 16.5. The Hall–Kier alpha value is -4.91. The average Bonchev–Trinajstić information content (AvgIpc) is 4.01. The molecular weight excluding hydrogens is 768 g/mol. The van der Waals surface area contributed by atoms with E-state index in [9.17, 15) is 19.4 Å². The molecule has 2 aliphatic heterocycles. The van der Waals surface area contributed by atoms with E-state index in [1.807, 2.05) is 48.2 Å². The third kappa shape index (κ3) is 8.51. The molecule has 12 heteroatoms. The summed E-state index contributed by atoms with van der Waals surface area (Å²) in [5.74, 6) is 0.157. The van der Waals surface area contributed by atoms with Crippen LogP contribution in [0.1, 0.15) is 87.3 Å². The van der Waals surface area contributed by atoms with Crippen LogP contribution in [0.2, 0.25) is 0 Å². The van der Waals surface area contributed by atoms with Gasteiger partial charge >= 0.3 is 0 Å². The van der Waals surface area contributed by atoms with E-state index in [1.165, 1.54) is 6.07 Å². The van der Waals surface area contributed by atoms with Crippen LogP contribution in [0.3, 0.4) is 0 Å². The highest BCUT2D eigenvalue weighted by atomic mass is 19.1. The first-order valence-electron chi connectivity index (χ1n) is 21.6. The Morgan fingerprint density at radius 3 is 2.55 bits per heavy atom. The summed E-state index contributed by atoms with van der Waals surface area (Å²) in [6.07, 6.45) is 10.6. The molecule has 3 aromatic carbocycles.